The van der Waals surface area contributed by atoms with Crippen LogP contribution in [-0.4, -0.2) is 32.3 Å². The number of methoxy groups -OCH3 is 1. The molecule has 0 heterocycles. The third-order valence-electron chi connectivity index (χ3n) is 3.59. The fourth-order valence-corrected chi connectivity index (χ4v) is 2.54. The van der Waals surface area contributed by atoms with E-state index < -0.39 is 0 Å². The van der Waals surface area contributed by atoms with Crippen LogP contribution >= 0.6 is 0 Å². The first-order valence-electron chi connectivity index (χ1n) is 6.67. The highest BCUT2D eigenvalue weighted by molar-refractivity contribution is 5.78. The van der Waals surface area contributed by atoms with E-state index in [2.05, 4.69) is 17.2 Å². The van der Waals surface area contributed by atoms with Crippen molar-refractivity contribution in [1.29, 1.82) is 0 Å². The first kappa shape index (κ1) is 14.3. The zero-order chi connectivity index (χ0) is 12.7. The Labute approximate surface area is 105 Å². The summed E-state index contributed by atoms with van der Waals surface area (Å²) in [6.45, 7) is 5.80. The smallest absolute Gasteiger partial charge is 0.188 e. The van der Waals surface area contributed by atoms with Gasteiger partial charge in [0.15, 0.2) is 5.96 Å². The largest absolute Gasteiger partial charge is 0.383 e. The van der Waals surface area contributed by atoms with Crippen molar-refractivity contribution in [2.75, 3.05) is 20.3 Å². The first-order chi connectivity index (χ1) is 8.12. The van der Waals surface area contributed by atoms with Crippen LogP contribution < -0.4 is 11.1 Å². The van der Waals surface area contributed by atoms with Crippen molar-refractivity contribution in [2.45, 2.75) is 52.0 Å². The number of guanidine groups is 1. The highest BCUT2D eigenvalue weighted by Crippen LogP contribution is 2.44. The SMILES string of the molecule is CCCC1(CN=C(N)NC(C)COC)CCC1. The molecule has 1 rings (SSSR count). The molecule has 0 aromatic carbocycles. The van der Waals surface area contributed by atoms with Crippen LogP contribution in [0, 0.1) is 5.41 Å². The second kappa shape index (κ2) is 6.84. The maximum atomic E-state index is 5.87. The van der Waals surface area contributed by atoms with Gasteiger partial charge in [-0.2, -0.15) is 0 Å². The van der Waals surface area contributed by atoms with Crippen molar-refractivity contribution in [3.05, 3.63) is 0 Å². The van der Waals surface area contributed by atoms with E-state index in [-0.39, 0.29) is 6.04 Å². The van der Waals surface area contributed by atoms with E-state index in [9.17, 15) is 0 Å². The van der Waals surface area contributed by atoms with E-state index in [1.165, 1.54) is 32.1 Å². The molecule has 0 saturated heterocycles. The molecule has 0 aromatic rings. The highest BCUT2D eigenvalue weighted by atomic mass is 16.5. The van der Waals surface area contributed by atoms with Crippen molar-refractivity contribution in [3.8, 4) is 0 Å². The average Bonchev–Trinajstić information content (AvgIpc) is 2.22. The van der Waals surface area contributed by atoms with E-state index in [0.717, 1.165) is 6.54 Å². The molecular weight excluding hydrogens is 214 g/mol. The summed E-state index contributed by atoms with van der Waals surface area (Å²) >= 11 is 0. The number of hydrogen-bond donors (Lipinski definition) is 2. The third-order valence-corrected chi connectivity index (χ3v) is 3.59. The minimum atomic E-state index is 0.215. The molecule has 0 bridgehead atoms. The molecule has 1 unspecified atom stereocenters. The van der Waals surface area contributed by atoms with Crippen LogP contribution in [0.4, 0.5) is 0 Å². The molecule has 0 amide bonds. The van der Waals surface area contributed by atoms with Gasteiger partial charge in [-0.3, -0.25) is 4.99 Å². The summed E-state index contributed by atoms with van der Waals surface area (Å²) in [5, 5.41) is 3.15. The highest BCUT2D eigenvalue weighted by Gasteiger charge is 2.35. The minimum absolute atomic E-state index is 0.215. The Bertz CT molecular complexity index is 249. The van der Waals surface area contributed by atoms with Crippen LogP contribution in [0.25, 0.3) is 0 Å². The molecule has 4 heteroatoms. The maximum Gasteiger partial charge on any atom is 0.188 e. The van der Waals surface area contributed by atoms with Crippen LogP contribution in [0.1, 0.15) is 46.0 Å². The summed E-state index contributed by atoms with van der Waals surface area (Å²) in [6, 6.07) is 0.215. The van der Waals surface area contributed by atoms with Gasteiger partial charge in [0.2, 0.25) is 0 Å². The van der Waals surface area contributed by atoms with Crippen LogP contribution in [0.2, 0.25) is 0 Å². The van der Waals surface area contributed by atoms with Crippen molar-refractivity contribution < 1.29 is 4.74 Å². The van der Waals surface area contributed by atoms with Gasteiger partial charge in [0.25, 0.3) is 0 Å². The summed E-state index contributed by atoms with van der Waals surface area (Å²) in [4.78, 5) is 4.49. The lowest BCUT2D eigenvalue weighted by atomic mass is 9.66. The van der Waals surface area contributed by atoms with Crippen LogP contribution in [0.3, 0.4) is 0 Å². The van der Waals surface area contributed by atoms with Crippen molar-refractivity contribution in [3.63, 3.8) is 0 Å². The minimum Gasteiger partial charge on any atom is -0.383 e. The lowest BCUT2D eigenvalue weighted by molar-refractivity contribution is 0.130. The fourth-order valence-electron chi connectivity index (χ4n) is 2.54. The predicted octanol–water partition coefficient (Wildman–Crippen LogP) is 1.90. The Morgan fingerprint density at radius 3 is 2.71 bits per heavy atom. The molecule has 1 fully saturated rings. The number of aliphatic imine (C=N–C) groups is 1. The quantitative estimate of drug-likeness (QED) is 0.528. The van der Waals surface area contributed by atoms with E-state index in [1.807, 2.05) is 6.92 Å². The monoisotopic (exact) mass is 241 g/mol. The lowest BCUT2D eigenvalue weighted by Crippen LogP contribution is -2.42. The van der Waals surface area contributed by atoms with Gasteiger partial charge in [0.05, 0.1) is 6.61 Å². The number of nitrogens with two attached hydrogens (primary N) is 1. The van der Waals surface area contributed by atoms with E-state index >= 15 is 0 Å². The zero-order valence-corrected chi connectivity index (χ0v) is 11.5. The van der Waals surface area contributed by atoms with Gasteiger partial charge >= 0.3 is 0 Å². The van der Waals surface area contributed by atoms with E-state index in [0.29, 0.717) is 18.0 Å². The van der Waals surface area contributed by atoms with Gasteiger partial charge in [0.1, 0.15) is 0 Å². The van der Waals surface area contributed by atoms with Crippen LogP contribution in [0.5, 0.6) is 0 Å². The van der Waals surface area contributed by atoms with E-state index in [1.54, 1.807) is 7.11 Å². The summed E-state index contributed by atoms with van der Waals surface area (Å²) in [6.07, 6.45) is 6.49. The summed E-state index contributed by atoms with van der Waals surface area (Å²) in [7, 11) is 1.69. The normalized spacial score (nSPS) is 20.8. The Kier molecular flexibility index (Phi) is 5.75. The number of rotatable bonds is 7. The Morgan fingerprint density at radius 2 is 2.24 bits per heavy atom. The molecule has 1 saturated carbocycles. The third kappa shape index (κ3) is 4.54. The number of nitrogens with zero attached hydrogens (tertiary/aromatic N) is 1. The average molecular weight is 241 g/mol. The van der Waals surface area contributed by atoms with Crippen LogP contribution in [0.15, 0.2) is 4.99 Å². The zero-order valence-electron chi connectivity index (χ0n) is 11.5. The van der Waals surface area contributed by atoms with Gasteiger partial charge in [-0.15, -0.1) is 0 Å². The second-order valence-electron chi connectivity index (χ2n) is 5.31. The lowest BCUT2D eigenvalue weighted by Gasteiger charge is -2.40. The van der Waals surface area contributed by atoms with Gasteiger partial charge in [-0.25, -0.2) is 0 Å². The van der Waals surface area contributed by atoms with Crippen molar-refractivity contribution >= 4 is 5.96 Å². The molecule has 17 heavy (non-hydrogen) atoms. The van der Waals surface area contributed by atoms with Crippen molar-refractivity contribution in [1.82, 2.24) is 5.32 Å². The number of nitrogens with one attached hydrogen (secondary N) is 1. The van der Waals surface area contributed by atoms with Gasteiger partial charge < -0.3 is 15.8 Å². The molecule has 3 N–H and O–H groups in total. The molecule has 0 aliphatic heterocycles. The number of ether oxygens (including phenoxy) is 1. The molecule has 100 valence electrons. The molecule has 4 nitrogen and oxygen atoms in total. The van der Waals surface area contributed by atoms with Gasteiger partial charge in [-0.1, -0.05) is 19.8 Å². The topological polar surface area (TPSA) is 59.6 Å². The van der Waals surface area contributed by atoms with E-state index in [4.69, 9.17) is 10.5 Å². The summed E-state index contributed by atoms with van der Waals surface area (Å²) < 4.78 is 5.05. The van der Waals surface area contributed by atoms with Gasteiger partial charge in [-0.05, 0) is 31.6 Å². The predicted molar refractivity (Wildman–Crippen MR) is 72.2 cm³/mol. The summed E-state index contributed by atoms with van der Waals surface area (Å²) in [5.74, 6) is 0.553. The molecule has 0 spiro atoms. The Morgan fingerprint density at radius 1 is 1.53 bits per heavy atom. The summed E-state index contributed by atoms with van der Waals surface area (Å²) in [5.41, 5.74) is 6.32. The molecular formula is C13H27N3O. The molecule has 1 aliphatic rings. The van der Waals surface area contributed by atoms with Crippen molar-refractivity contribution in [2.24, 2.45) is 16.1 Å². The second-order valence-corrected chi connectivity index (χ2v) is 5.31. The van der Waals surface area contributed by atoms with Gasteiger partial charge in [0, 0.05) is 19.7 Å². The molecule has 0 radical (unpaired) electrons. The first-order valence-corrected chi connectivity index (χ1v) is 6.67. The standard InChI is InChI=1S/C13H27N3O/c1-4-6-13(7-5-8-13)10-15-12(14)16-11(2)9-17-3/h11H,4-10H2,1-3H3,(H3,14,15,16). The molecule has 1 atom stereocenters. The maximum absolute atomic E-state index is 5.87. The van der Waals surface area contributed by atoms with Crippen LogP contribution in [-0.2, 0) is 4.74 Å². The Hall–Kier alpha value is -0.770. The molecule has 1 aliphatic carbocycles. The Balaban J connectivity index is 2.35. The number of hydrogen-bond acceptors (Lipinski definition) is 2. The fraction of sp³-hybridized carbons (Fsp3) is 0.923. The molecule has 0 aromatic heterocycles.